The zero-order valence-electron chi connectivity index (χ0n) is 15.2. The maximum atomic E-state index is 12.5. The number of aryl methyl sites for hydroxylation is 1. The van der Waals surface area contributed by atoms with Gasteiger partial charge in [0, 0.05) is 45.7 Å². The van der Waals surface area contributed by atoms with E-state index in [1.165, 1.54) is 24.8 Å². The van der Waals surface area contributed by atoms with Gasteiger partial charge in [0.1, 0.15) is 0 Å². The topological polar surface area (TPSA) is 86.8 Å². The third-order valence-corrected chi connectivity index (χ3v) is 5.79. The first-order valence-corrected chi connectivity index (χ1v) is 10.0. The summed E-state index contributed by atoms with van der Waals surface area (Å²) < 4.78 is 27.6. The van der Waals surface area contributed by atoms with Crippen molar-refractivity contribution in [3.05, 3.63) is 36.4 Å². The van der Waals surface area contributed by atoms with Crippen LogP contribution in [0.4, 0.5) is 5.69 Å². The minimum Gasteiger partial charge on any atom is -0.338 e. The van der Waals surface area contributed by atoms with E-state index in [2.05, 4.69) is 11.3 Å². The Morgan fingerprint density at radius 2 is 2.08 bits per heavy atom. The fourth-order valence-corrected chi connectivity index (χ4v) is 4.07. The SMILES string of the molecule is C=CCN(CCNS(=O)(=O)c1ccc2c(c1)CCCN2C(C)=O)C(C)=O. The highest BCUT2D eigenvalue weighted by Gasteiger charge is 2.23. The maximum absolute atomic E-state index is 12.5. The van der Waals surface area contributed by atoms with Crippen molar-refractivity contribution < 1.29 is 18.0 Å². The summed E-state index contributed by atoms with van der Waals surface area (Å²) in [5.74, 6) is -0.187. The molecule has 1 N–H and O–H groups in total. The Morgan fingerprint density at radius 1 is 1.35 bits per heavy atom. The van der Waals surface area contributed by atoms with E-state index in [0.29, 0.717) is 13.1 Å². The summed E-state index contributed by atoms with van der Waals surface area (Å²) in [6.45, 7) is 7.93. The Labute approximate surface area is 154 Å². The Morgan fingerprint density at radius 3 is 2.69 bits per heavy atom. The lowest BCUT2D eigenvalue weighted by atomic mass is 10.0. The molecule has 0 radical (unpaired) electrons. The molecular formula is C18H25N3O4S. The van der Waals surface area contributed by atoms with Crippen molar-refractivity contribution in [1.82, 2.24) is 9.62 Å². The normalized spacial score (nSPS) is 13.8. The van der Waals surface area contributed by atoms with Crippen LogP contribution in [0.1, 0.15) is 25.8 Å². The van der Waals surface area contributed by atoms with Crippen LogP contribution in [0.3, 0.4) is 0 Å². The van der Waals surface area contributed by atoms with E-state index in [1.807, 2.05) is 0 Å². The lowest BCUT2D eigenvalue weighted by Gasteiger charge is -2.28. The van der Waals surface area contributed by atoms with Gasteiger partial charge in [-0.15, -0.1) is 6.58 Å². The first-order valence-electron chi connectivity index (χ1n) is 8.53. The molecule has 8 heteroatoms. The number of carbonyl (C=O) groups excluding carboxylic acids is 2. The fraction of sp³-hybridized carbons (Fsp3) is 0.444. The van der Waals surface area contributed by atoms with Crippen molar-refractivity contribution in [3.63, 3.8) is 0 Å². The molecule has 2 rings (SSSR count). The van der Waals surface area contributed by atoms with Crippen molar-refractivity contribution in [2.45, 2.75) is 31.6 Å². The maximum Gasteiger partial charge on any atom is 0.240 e. The summed E-state index contributed by atoms with van der Waals surface area (Å²) in [7, 11) is -3.69. The number of hydrogen-bond donors (Lipinski definition) is 1. The van der Waals surface area contributed by atoms with Crippen LogP contribution in [0, 0.1) is 0 Å². The van der Waals surface area contributed by atoms with Crippen LogP contribution < -0.4 is 9.62 Å². The molecule has 0 saturated heterocycles. The highest BCUT2D eigenvalue weighted by atomic mass is 32.2. The van der Waals surface area contributed by atoms with E-state index in [0.717, 1.165) is 24.1 Å². The molecule has 7 nitrogen and oxygen atoms in total. The highest BCUT2D eigenvalue weighted by Crippen LogP contribution is 2.29. The number of rotatable bonds is 7. The number of fused-ring (bicyclic) bond motifs is 1. The van der Waals surface area contributed by atoms with Gasteiger partial charge in [-0.3, -0.25) is 9.59 Å². The van der Waals surface area contributed by atoms with Crippen LogP contribution in [0.2, 0.25) is 0 Å². The fourth-order valence-electron chi connectivity index (χ4n) is 3.00. The number of hydrogen-bond acceptors (Lipinski definition) is 4. The van der Waals surface area contributed by atoms with Crippen LogP contribution >= 0.6 is 0 Å². The molecule has 1 aliphatic rings. The monoisotopic (exact) mass is 379 g/mol. The van der Waals surface area contributed by atoms with E-state index < -0.39 is 10.0 Å². The molecule has 1 aromatic rings. The van der Waals surface area contributed by atoms with Gasteiger partial charge < -0.3 is 9.80 Å². The molecule has 0 aromatic heterocycles. The number of sulfonamides is 1. The van der Waals surface area contributed by atoms with Gasteiger partial charge in [-0.2, -0.15) is 0 Å². The predicted molar refractivity (Wildman–Crippen MR) is 100 cm³/mol. The molecule has 1 aliphatic heterocycles. The van der Waals surface area contributed by atoms with Crippen LogP contribution in [-0.4, -0.2) is 51.3 Å². The molecule has 0 unspecified atom stereocenters. The van der Waals surface area contributed by atoms with E-state index in [9.17, 15) is 18.0 Å². The van der Waals surface area contributed by atoms with Gasteiger partial charge in [-0.05, 0) is 36.6 Å². The second kappa shape index (κ2) is 8.46. The van der Waals surface area contributed by atoms with Crippen LogP contribution in [0.25, 0.3) is 0 Å². The van der Waals surface area contributed by atoms with Gasteiger partial charge in [-0.25, -0.2) is 13.1 Å². The molecule has 0 atom stereocenters. The zero-order chi connectivity index (χ0) is 19.3. The number of anilines is 1. The quantitative estimate of drug-likeness (QED) is 0.724. The molecular weight excluding hydrogens is 354 g/mol. The van der Waals surface area contributed by atoms with Crippen molar-refractivity contribution in [2.75, 3.05) is 31.1 Å². The van der Waals surface area contributed by atoms with Gasteiger partial charge in [0.2, 0.25) is 21.8 Å². The second-order valence-corrected chi connectivity index (χ2v) is 7.98. The zero-order valence-corrected chi connectivity index (χ0v) is 16.0. The van der Waals surface area contributed by atoms with E-state index in [-0.39, 0.29) is 29.8 Å². The lowest BCUT2D eigenvalue weighted by Crippen LogP contribution is -2.37. The molecule has 26 heavy (non-hydrogen) atoms. The van der Waals surface area contributed by atoms with Crippen molar-refractivity contribution in [2.24, 2.45) is 0 Å². The summed E-state index contributed by atoms with van der Waals surface area (Å²) in [5.41, 5.74) is 1.63. The molecule has 0 fully saturated rings. The number of carbonyl (C=O) groups is 2. The van der Waals surface area contributed by atoms with Crippen molar-refractivity contribution in [3.8, 4) is 0 Å². The van der Waals surface area contributed by atoms with Crippen LogP contribution in [-0.2, 0) is 26.0 Å². The molecule has 2 amide bonds. The van der Waals surface area contributed by atoms with Crippen LogP contribution in [0.5, 0.6) is 0 Å². The summed E-state index contributed by atoms with van der Waals surface area (Å²) in [4.78, 5) is 26.5. The first-order chi connectivity index (χ1) is 12.3. The van der Waals surface area contributed by atoms with Gasteiger partial charge in [-0.1, -0.05) is 6.08 Å². The minimum atomic E-state index is -3.69. The van der Waals surface area contributed by atoms with Gasteiger partial charge in [0.15, 0.2) is 0 Å². The molecule has 0 bridgehead atoms. The third-order valence-electron chi connectivity index (χ3n) is 4.33. The Bertz CT molecular complexity index is 805. The van der Waals surface area contributed by atoms with Gasteiger partial charge in [0.05, 0.1) is 4.90 Å². The Kier molecular flexibility index (Phi) is 6.55. The summed E-state index contributed by atoms with van der Waals surface area (Å²) in [6, 6.07) is 4.82. The first kappa shape index (κ1) is 20.1. The molecule has 0 aliphatic carbocycles. The average molecular weight is 379 g/mol. The van der Waals surface area contributed by atoms with E-state index in [4.69, 9.17) is 0 Å². The number of amides is 2. The van der Waals surface area contributed by atoms with Gasteiger partial charge >= 0.3 is 0 Å². The molecule has 142 valence electrons. The lowest BCUT2D eigenvalue weighted by molar-refractivity contribution is -0.128. The highest BCUT2D eigenvalue weighted by molar-refractivity contribution is 7.89. The molecule has 0 spiro atoms. The third kappa shape index (κ3) is 4.70. The average Bonchev–Trinajstić information content (AvgIpc) is 2.59. The molecule has 0 saturated carbocycles. The van der Waals surface area contributed by atoms with Crippen molar-refractivity contribution in [1.29, 1.82) is 0 Å². The standard InChI is InChI=1S/C18H25N3O4S/c1-4-10-20(14(2)22)12-9-19-26(24,25)17-7-8-18-16(13-17)6-5-11-21(18)15(3)23/h4,7-8,13,19H,1,5-6,9-12H2,2-3H3. The Hall–Kier alpha value is -2.19. The second-order valence-electron chi connectivity index (χ2n) is 6.22. The summed E-state index contributed by atoms with van der Waals surface area (Å²) in [5, 5.41) is 0. The summed E-state index contributed by atoms with van der Waals surface area (Å²) in [6.07, 6.45) is 3.14. The van der Waals surface area contributed by atoms with E-state index >= 15 is 0 Å². The number of nitrogens with one attached hydrogen (secondary N) is 1. The minimum absolute atomic E-state index is 0.0498. The Balaban J connectivity index is 2.11. The number of benzene rings is 1. The number of nitrogens with zero attached hydrogens (tertiary/aromatic N) is 2. The molecule has 1 heterocycles. The molecule has 1 aromatic carbocycles. The van der Waals surface area contributed by atoms with Gasteiger partial charge in [0.25, 0.3) is 0 Å². The smallest absolute Gasteiger partial charge is 0.240 e. The predicted octanol–water partition coefficient (Wildman–Crippen LogP) is 1.30. The summed E-state index contributed by atoms with van der Waals surface area (Å²) >= 11 is 0. The largest absolute Gasteiger partial charge is 0.338 e. The van der Waals surface area contributed by atoms with Crippen molar-refractivity contribution >= 4 is 27.5 Å². The van der Waals surface area contributed by atoms with Crippen LogP contribution in [0.15, 0.2) is 35.7 Å². The van der Waals surface area contributed by atoms with E-state index in [1.54, 1.807) is 23.1 Å².